The molecule has 2 aromatic heterocycles. The Kier molecular flexibility index (Phi) is 5.97. The molecule has 0 radical (unpaired) electrons. The lowest BCUT2D eigenvalue weighted by molar-refractivity contribution is 0.660. The van der Waals surface area contributed by atoms with E-state index in [-0.39, 0.29) is 5.41 Å². The summed E-state index contributed by atoms with van der Waals surface area (Å²) in [5.41, 5.74) is 10.7. The molecule has 9 aromatic carbocycles. The first kappa shape index (κ1) is 29.7. The van der Waals surface area contributed by atoms with Crippen molar-refractivity contribution >= 4 is 95.3 Å². The van der Waals surface area contributed by atoms with Gasteiger partial charge in [-0.2, -0.15) is 0 Å². The first-order valence-corrected chi connectivity index (χ1v) is 20.0. The van der Waals surface area contributed by atoms with Gasteiger partial charge < -0.3 is 0 Å². The Bertz CT molecular complexity index is 3310. The van der Waals surface area contributed by atoms with Gasteiger partial charge in [-0.1, -0.05) is 123 Å². The van der Waals surface area contributed by atoms with Crippen molar-refractivity contribution in [2.24, 2.45) is 0 Å². The van der Waals surface area contributed by atoms with Crippen LogP contribution in [0.2, 0.25) is 0 Å². The molecule has 0 bridgehead atoms. The minimum Gasteiger partial charge on any atom is -0.135 e. The topological polar surface area (TPSA) is 0 Å². The van der Waals surface area contributed by atoms with Gasteiger partial charge in [0, 0.05) is 45.8 Å². The van der Waals surface area contributed by atoms with Gasteiger partial charge in [-0.25, -0.2) is 0 Å². The predicted molar refractivity (Wildman–Crippen MR) is 233 cm³/mol. The predicted octanol–water partition coefficient (Wildman–Crippen LogP) is 15.5. The second kappa shape index (κ2) is 10.6. The van der Waals surface area contributed by atoms with Gasteiger partial charge in [0.2, 0.25) is 0 Å². The summed E-state index contributed by atoms with van der Waals surface area (Å²) in [5.74, 6) is 0. The van der Waals surface area contributed by atoms with Gasteiger partial charge in [-0.15, -0.1) is 22.7 Å². The van der Waals surface area contributed by atoms with E-state index in [2.05, 4.69) is 172 Å². The molecule has 0 fully saturated rings. The summed E-state index contributed by atoms with van der Waals surface area (Å²) >= 11 is 3.80. The van der Waals surface area contributed by atoms with Crippen LogP contribution in [0, 0.1) is 0 Å². The van der Waals surface area contributed by atoms with Crippen LogP contribution in [-0.4, -0.2) is 0 Å². The molecule has 53 heavy (non-hydrogen) atoms. The van der Waals surface area contributed by atoms with Crippen LogP contribution in [-0.2, 0) is 5.41 Å². The van der Waals surface area contributed by atoms with Gasteiger partial charge in [0.15, 0.2) is 0 Å². The van der Waals surface area contributed by atoms with E-state index in [1.807, 2.05) is 22.7 Å². The van der Waals surface area contributed by atoms with Gasteiger partial charge in [0.25, 0.3) is 0 Å². The molecular weight excluding hydrogens is 677 g/mol. The molecule has 0 spiro atoms. The molecule has 0 amide bonds. The average Bonchev–Trinajstić information content (AvgIpc) is 3.81. The average molecular weight is 709 g/mol. The molecular formula is C51H32S2. The van der Waals surface area contributed by atoms with Crippen LogP contribution < -0.4 is 0 Å². The van der Waals surface area contributed by atoms with Crippen molar-refractivity contribution in [3.05, 3.63) is 169 Å². The van der Waals surface area contributed by atoms with Gasteiger partial charge in [-0.05, 0) is 125 Å². The highest BCUT2D eigenvalue weighted by Gasteiger charge is 2.35. The van der Waals surface area contributed by atoms with E-state index in [1.54, 1.807) is 0 Å². The highest BCUT2D eigenvalue weighted by molar-refractivity contribution is 7.26. The van der Waals surface area contributed by atoms with Crippen LogP contribution in [0.25, 0.3) is 106 Å². The van der Waals surface area contributed by atoms with Crippen LogP contribution in [0.4, 0.5) is 0 Å². The first-order valence-electron chi connectivity index (χ1n) is 18.4. The molecule has 0 nitrogen and oxygen atoms in total. The monoisotopic (exact) mass is 708 g/mol. The number of hydrogen-bond acceptors (Lipinski definition) is 2. The molecule has 12 rings (SSSR count). The highest BCUT2D eigenvalue weighted by Crippen LogP contribution is 2.52. The van der Waals surface area contributed by atoms with Crippen molar-refractivity contribution in [3.8, 4) is 33.4 Å². The third-order valence-corrected chi connectivity index (χ3v) is 14.3. The molecule has 2 heterocycles. The summed E-state index contributed by atoms with van der Waals surface area (Å²) in [6.45, 7) is 4.75. The second-order valence-corrected chi connectivity index (χ2v) is 17.4. The lowest BCUT2D eigenvalue weighted by Crippen LogP contribution is -2.14. The number of thiophene rings is 2. The summed E-state index contributed by atoms with van der Waals surface area (Å²) in [6.07, 6.45) is 0. The zero-order valence-corrected chi connectivity index (χ0v) is 31.0. The van der Waals surface area contributed by atoms with E-state index in [4.69, 9.17) is 0 Å². The van der Waals surface area contributed by atoms with Crippen LogP contribution in [0.3, 0.4) is 0 Å². The second-order valence-electron chi connectivity index (χ2n) is 15.2. The van der Waals surface area contributed by atoms with Crippen LogP contribution >= 0.6 is 22.7 Å². The highest BCUT2D eigenvalue weighted by atomic mass is 32.1. The molecule has 0 unspecified atom stereocenters. The Morgan fingerprint density at radius 2 is 0.811 bits per heavy atom. The van der Waals surface area contributed by atoms with Gasteiger partial charge >= 0.3 is 0 Å². The summed E-state index contributed by atoms with van der Waals surface area (Å²) in [6, 6.07) is 59.8. The van der Waals surface area contributed by atoms with E-state index in [1.165, 1.54) is 117 Å². The zero-order chi connectivity index (χ0) is 35.0. The number of hydrogen-bond donors (Lipinski definition) is 0. The molecule has 0 aliphatic heterocycles. The number of rotatable bonds is 2. The summed E-state index contributed by atoms with van der Waals surface area (Å²) < 4.78 is 5.38. The van der Waals surface area contributed by atoms with Crippen LogP contribution in [0.15, 0.2) is 158 Å². The molecule has 1 aliphatic rings. The molecule has 0 N–H and O–H groups in total. The summed E-state index contributed by atoms with van der Waals surface area (Å²) in [5, 5.41) is 13.2. The summed E-state index contributed by atoms with van der Waals surface area (Å²) in [7, 11) is 0. The Labute approximate surface area is 315 Å². The Hall–Kier alpha value is -5.80. The summed E-state index contributed by atoms with van der Waals surface area (Å²) in [4.78, 5) is 0. The van der Waals surface area contributed by atoms with Crippen molar-refractivity contribution in [3.63, 3.8) is 0 Å². The van der Waals surface area contributed by atoms with Crippen molar-refractivity contribution < 1.29 is 0 Å². The third kappa shape index (κ3) is 4.11. The van der Waals surface area contributed by atoms with Crippen molar-refractivity contribution in [1.82, 2.24) is 0 Å². The lowest BCUT2D eigenvalue weighted by atomic mass is 9.80. The smallest absolute Gasteiger partial charge is 0.0361 e. The van der Waals surface area contributed by atoms with Crippen LogP contribution in [0.5, 0.6) is 0 Å². The first-order chi connectivity index (χ1) is 26.0. The van der Waals surface area contributed by atoms with Crippen molar-refractivity contribution in [1.29, 1.82) is 0 Å². The quantitative estimate of drug-likeness (QED) is 0.157. The van der Waals surface area contributed by atoms with Crippen molar-refractivity contribution in [2.75, 3.05) is 0 Å². The molecule has 2 heteroatoms. The largest absolute Gasteiger partial charge is 0.135 e. The standard InChI is InChI=1S/C51H32S2/c1-51(2)43-17-9-7-11-33(43)34-21-19-30(26-44(34)51)50-38-15-5-3-13-36(38)49(37-14-4-6-16-39(37)50)29-20-22-46-41(23-29)42-25-32-27-47-40(24-31(32)28-48(42)53-46)35-12-8-10-18-45(35)52-47/h3-28H,1-2H3. The maximum atomic E-state index is 2.48. The van der Waals surface area contributed by atoms with Gasteiger partial charge in [0.05, 0.1) is 0 Å². The van der Waals surface area contributed by atoms with E-state index < -0.39 is 0 Å². The van der Waals surface area contributed by atoms with E-state index in [9.17, 15) is 0 Å². The maximum absolute atomic E-state index is 2.48. The molecule has 0 saturated carbocycles. The fraction of sp³-hybridized carbons (Fsp3) is 0.0588. The Morgan fingerprint density at radius 3 is 1.47 bits per heavy atom. The maximum Gasteiger partial charge on any atom is 0.0361 e. The van der Waals surface area contributed by atoms with Crippen LogP contribution in [0.1, 0.15) is 25.0 Å². The molecule has 0 atom stereocenters. The Morgan fingerprint density at radius 1 is 0.340 bits per heavy atom. The third-order valence-electron chi connectivity index (χ3n) is 12.0. The number of benzene rings is 9. The molecule has 11 aromatic rings. The van der Waals surface area contributed by atoms with Gasteiger partial charge in [-0.3, -0.25) is 0 Å². The normalized spacial score (nSPS) is 13.6. The molecule has 248 valence electrons. The zero-order valence-electron chi connectivity index (χ0n) is 29.3. The SMILES string of the molecule is CC1(C)c2ccccc2-c2ccc(-c3c4ccccc4c(-c4ccc5sc6cc7cc8c(cc7cc6c5c4)sc4ccccc48)c4ccccc34)cc21. The van der Waals surface area contributed by atoms with Crippen molar-refractivity contribution in [2.45, 2.75) is 19.3 Å². The number of fused-ring (bicyclic) bond motifs is 12. The minimum absolute atomic E-state index is 0.0542. The van der Waals surface area contributed by atoms with E-state index >= 15 is 0 Å². The fourth-order valence-electron chi connectivity index (χ4n) is 9.51. The molecule has 0 saturated heterocycles. The lowest BCUT2D eigenvalue weighted by Gasteiger charge is -2.23. The fourth-order valence-corrected chi connectivity index (χ4v) is 11.8. The van der Waals surface area contributed by atoms with E-state index in [0.29, 0.717) is 0 Å². The van der Waals surface area contributed by atoms with Gasteiger partial charge in [0.1, 0.15) is 0 Å². The Balaban J connectivity index is 1.08. The minimum atomic E-state index is -0.0542. The van der Waals surface area contributed by atoms with E-state index in [0.717, 1.165) is 0 Å². The molecule has 1 aliphatic carbocycles.